The minimum absolute atomic E-state index is 0. The molecule has 0 bridgehead atoms. The van der Waals surface area contributed by atoms with Crippen LogP contribution in [0.15, 0.2) is 29.4 Å². The van der Waals surface area contributed by atoms with Crippen molar-refractivity contribution < 1.29 is 4.74 Å². The molecule has 0 radical (unpaired) electrons. The number of hydrogen-bond acceptors (Lipinski definition) is 5. The summed E-state index contributed by atoms with van der Waals surface area (Å²) in [6, 6.07) is 6.07. The van der Waals surface area contributed by atoms with Crippen LogP contribution in [0.1, 0.15) is 6.42 Å². The van der Waals surface area contributed by atoms with Gasteiger partial charge in [-0.25, -0.2) is 4.98 Å². The summed E-state index contributed by atoms with van der Waals surface area (Å²) in [5.41, 5.74) is 0. The van der Waals surface area contributed by atoms with E-state index in [1.807, 2.05) is 25.4 Å². The quantitative estimate of drug-likeness (QED) is 0.265. The Labute approximate surface area is 174 Å². The van der Waals surface area contributed by atoms with Crippen molar-refractivity contribution in [3.05, 3.63) is 24.4 Å². The molecule has 1 saturated heterocycles. The highest BCUT2D eigenvalue weighted by Crippen LogP contribution is 2.12. The Hall–Kier alpha value is -1.13. The molecule has 1 N–H and O–H groups in total. The normalized spacial score (nSPS) is 15.2. The van der Waals surface area contributed by atoms with E-state index in [4.69, 9.17) is 4.74 Å². The van der Waals surface area contributed by atoms with Crippen molar-refractivity contribution in [3.63, 3.8) is 0 Å². The maximum absolute atomic E-state index is 5.10. The number of methoxy groups -OCH3 is 1. The van der Waals surface area contributed by atoms with Gasteiger partial charge in [0.25, 0.3) is 0 Å². The van der Waals surface area contributed by atoms with Crippen LogP contribution in [0.3, 0.4) is 0 Å². The van der Waals surface area contributed by atoms with E-state index in [0.29, 0.717) is 0 Å². The standard InChI is InChI=1S/C18H32N6O.HI/c1-19-18(21-9-6-10-22(2)15-16-25-3)24-13-11-23(12-14-24)17-7-4-5-8-20-17;/h4-5,7-8H,6,9-16H2,1-3H3,(H,19,21);1H. The molecule has 1 aliphatic rings. The van der Waals surface area contributed by atoms with Crippen LogP contribution in [0.2, 0.25) is 0 Å². The topological polar surface area (TPSA) is 56.2 Å². The second-order valence-electron chi connectivity index (χ2n) is 6.29. The van der Waals surface area contributed by atoms with Crippen molar-refractivity contribution >= 4 is 35.8 Å². The molecule has 0 aromatic carbocycles. The smallest absolute Gasteiger partial charge is 0.193 e. The molecular weight excluding hydrogens is 443 g/mol. The fourth-order valence-corrected chi connectivity index (χ4v) is 2.93. The molecular formula is C18H33IN6O. The van der Waals surface area contributed by atoms with Crippen LogP contribution in [0, 0.1) is 0 Å². The van der Waals surface area contributed by atoms with Crippen molar-refractivity contribution in [2.24, 2.45) is 4.99 Å². The first-order valence-electron chi connectivity index (χ1n) is 9.03. The highest BCUT2D eigenvalue weighted by atomic mass is 127. The van der Waals surface area contributed by atoms with Gasteiger partial charge in [0, 0.05) is 59.6 Å². The van der Waals surface area contributed by atoms with Crippen molar-refractivity contribution in [2.45, 2.75) is 6.42 Å². The van der Waals surface area contributed by atoms with Gasteiger partial charge in [-0.2, -0.15) is 0 Å². The van der Waals surface area contributed by atoms with Crippen LogP contribution in [-0.2, 0) is 4.74 Å². The zero-order chi connectivity index (χ0) is 17.9. The van der Waals surface area contributed by atoms with Gasteiger partial charge in [0.1, 0.15) is 5.82 Å². The van der Waals surface area contributed by atoms with Gasteiger partial charge in [0.15, 0.2) is 5.96 Å². The highest BCUT2D eigenvalue weighted by Gasteiger charge is 2.20. The third kappa shape index (κ3) is 7.63. The first-order valence-corrected chi connectivity index (χ1v) is 9.03. The summed E-state index contributed by atoms with van der Waals surface area (Å²) in [6.07, 6.45) is 2.94. The lowest BCUT2D eigenvalue weighted by molar-refractivity contribution is 0.161. The van der Waals surface area contributed by atoms with Crippen molar-refractivity contribution in [3.8, 4) is 0 Å². The van der Waals surface area contributed by atoms with Gasteiger partial charge >= 0.3 is 0 Å². The Bertz CT molecular complexity index is 508. The number of hydrogen-bond donors (Lipinski definition) is 1. The number of aromatic nitrogens is 1. The number of ether oxygens (including phenoxy) is 1. The maximum Gasteiger partial charge on any atom is 0.193 e. The fourth-order valence-electron chi connectivity index (χ4n) is 2.93. The number of guanidine groups is 1. The summed E-state index contributed by atoms with van der Waals surface area (Å²) in [5, 5.41) is 3.49. The predicted molar refractivity (Wildman–Crippen MR) is 119 cm³/mol. The molecule has 1 fully saturated rings. The first kappa shape index (κ1) is 22.9. The second-order valence-corrected chi connectivity index (χ2v) is 6.29. The van der Waals surface area contributed by atoms with E-state index >= 15 is 0 Å². The summed E-state index contributed by atoms with van der Waals surface area (Å²) >= 11 is 0. The van der Waals surface area contributed by atoms with E-state index in [9.17, 15) is 0 Å². The molecule has 1 aliphatic heterocycles. The van der Waals surface area contributed by atoms with E-state index < -0.39 is 0 Å². The molecule has 0 amide bonds. The lowest BCUT2D eigenvalue weighted by atomic mass is 10.3. The molecule has 148 valence electrons. The van der Waals surface area contributed by atoms with Gasteiger partial charge in [-0.05, 0) is 32.1 Å². The Morgan fingerprint density at radius 2 is 2.04 bits per heavy atom. The van der Waals surface area contributed by atoms with Gasteiger partial charge in [-0.15, -0.1) is 24.0 Å². The van der Waals surface area contributed by atoms with Crippen LogP contribution in [0.25, 0.3) is 0 Å². The zero-order valence-corrected chi connectivity index (χ0v) is 18.6. The molecule has 7 nitrogen and oxygen atoms in total. The van der Waals surface area contributed by atoms with E-state index in [0.717, 1.165) is 70.6 Å². The number of pyridine rings is 1. The van der Waals surface area contributed by atoms with Crippen LogP contribution < -0.4 is 10.2 Å². The minimum atomic E-state index is 0. The number of rotatable bonds is 8. The van der Waals surface area contributed by atoms with Gasteiger partial charge in [0.05, 0.1) is 6.61 Å². The molecule has 1 aromatic heterocycles. The molecule has 0 unspecified atom stereocenters. The number of nitrogens with one attached hydrogen (secondary N) is 1. The fraction of sp³-hybridized carbons (Fsp3) is 0.667. The molecule has 1 aromatic rings. The average molecular weight is 476 g/mol. The highest BCUT2D eigenvalue weighted by molar-refractivity contribution is 14.0. The molecule has 0 saturated carbocycles. The van der Waals surface area contributed by atoms with E-state index in [1.54, 1.807) is 7.11 Å². The lowest BCUT2D eigenvalue weighted by Gasteiger charge is -2.37. The van der Waals surface area contributed by atoms with Crippen molar-refractivity contribution in [1.29, 1.82) is 0 Å². The van der Waals surface area contributed by atoms with Gasteiger partial charge < -0.3 is 24.8 Å². The summed E-state index contributed by atoms with van der Waals surface area (Å²) in [7, 11) is 5.73. The summed E-state index contributed by atoms with van der Waals surface area (Å²) in [4.78, 5) is 15.8. The van der Waals surface area contributed by atoms with E-state index in [-0.39, 0.29) is 24.0 Å². The number of piperazine rings is 1. The van der Waals surface area contributed by atoms with Crippen molar-refractivity contribution in [2.75, 3.05) is 78.5 Å². The van der Waals surface area contributed by atoms with Crippen LogP contribution in [0.5, 0.6) is 0 Å². The van der Waals surface area contributed by atoms with Crippen molar-refractivity contribution in [1.82, 2.24) is 20.1 Å². The summed E-state index contributed by atoms with van der Waals surface area (Å²) < 4.78 is 5.10. The number of likely N-dealkylation sites (N-methyl/N-ethyl adjacent to an activating group) is 1. The zero-order valence-electron chi connectivity index (χ0n) is 16.2. The third-order valence-electron chi connectivity index (χ3n) is 4.44. The maximum atomic E-state index is 5.10. The number of aliphatic imine (C=N–C) groups is 1. The first-order chi connectivity index (χ1) is 12.2. The minimum Gasteiger partial charge on any atom is -0.383 e. The molecule has 8 heteroatoms. The Morgan fingerprint density at radius 3 is 2.65 bits per heavy atom. The number of nitrogens with zero attached hydrogens (tertiary/aromatic N) is 5. The molecule has 0 aliphatic carbocycles. The second kappa shape index (κ2) is 13.1. The van der Waals surface area contributed by atoms with E-state index in [1.165, 1.54) is 0 Å². The van der Waals surface area contributed by atoms with Crippen LogP contribution in [-0.4, -0.2) is 94.4 Å². The number of halogens is 1. The Kier molecular flexibility index (Phi) is 11.5. The lowest BCUT2D eigenvalue weighted by Crippen LogP contribution is -2.53. The molecule has 0 atom stereocenters. The number of anilines is 1. The third-order valence-corrected chi connectivity index (χ3v) is 4.44. The molecule has 2 rings (SSSR count). The molecule has 0 spiro atoms. The Balaban J connectivity index is 0.00000338. The summed E-state index contributed by atoms with van der Waals surface area (Å²) in [6.45, 7) is 7.61. The average Bonchev–Trinajstić information content (AvgIpc) is 2.67. The monoisotopic (exact) mass is 476 g/mol. The van der Waals surface area contributed by atoms with Crippen LogP contribution >= 0.6 is 24.0 Å². The van der Waals surface area contributed by atoms with Crippen LogP contribution in [0.4, 0.5) is 5.82 Å². The summed E-state index contributed by atoms with van der Waals surface area (Å²) in [5.74, 6) is 2.06. The largest absolute Gasteiger partial charge is 0.383 e. The van der Waals surface area contributed by atoms with Gasteiger partial charge in [-0.1, -0.05) is 6.07 Å². The molecule has 26 heavy (non-hydrogen) atoms. The SMILES string of the molecule is CN=C(NCCCN(C)CCOC)N1CCN(c2ccccn2)CC1.I. The molecule has 2 heterocycles. The predicted octanol–water partition coefficient (Wildman–Crippen LogP) is 1.37. The Morgan fingerprint density at radius 1 is 1.27 bits per heavy atom. The van der Waals surface area contributed by atoms with E-state index in [2.05, 4.69) is 43.1 Å². The van der Waals surface area contributed by atoms with Gasteiger partial charge in [-0.3, -0.25) is 4.99 Å². The van der Waals surface area contributed by atoms with Gasteiger partial charge in [0.2, 0.25) is 0 Å².